The Kier molecular flexibility index (Phi) is 10.8. The first-order chi connectivity index (χ1) is 11.7. The molecule has 25 heavy (non-hydrogen) atoms. The summed E-state index contributed by atoms with van der Waals surface area (Å²) >= 11 is 0. The van der Waals surface area contributed by atoms with Gasteiger partial charge in [-0.05, 0) is 31.7 Å². The second-order valence-electron chi connectivity index (χ2n) is 6.15. The third-order valence-electron chi connectivity index (χ3n) is 4.19. The van der Waals surface area contributed by atoms with Gasteiger partial charge in [0.25, 0.3) is 0 Å². The second-order valence-corrected chi connectivity index (χ2v) is 6.15. The highest BCUT2D eigenvalue weighted by atomic mass is 127. The largest absolute Gasteiger partial charge is 0.475 e. The lowest BCUT2D eigenvalue weighted by Gasteiger charge is -2.33. The molecule has 1 aromatic rings. The van der Waals surface area contributed by atoms with Gasteiger partial charge in [0.1, 0.15) is 6.61 Å². The van der Waals surface area contributed by atoms with Crippen molar-refractivity contribution < 1.29 is 9.47 Å². The highest BCUT2D eigenvalue weighted by molar-refractivity contribution is 14.0. The van der Waals surface area contributed by atoms with E-state index in [1.165, 1.54) is 12.8 Å². The van der Waals surface area contributed by atoms with Crippen molar-refractivity contribution in [3.05, 3.63) is 23.9 Å². The number of rotatable bonds is 7. The zero-order valence-corrected chi connectivity index (χ0v) is 17.9. The summed E-state index contributed by atoms with van der Waals surface area (Å²) < 4.78 is 10.7. The SMILES string of the molecule is CCNC(=NCc1cccnc1OCCOC)N1CCC(C)CC1.I. The predicted molar refractivity (Wildman–Crippen MR) is 112 cm³/mol. The molecule has 0 aliphatic carbocycles. The summed E-state index contributed by atoms with van der Waals surface area (Å²) in [6, 6.07) is 3.93. The van der Waals surface area contributed by atoms with Crippen molar-refractivity contribution in [2.24, 2.45) is 10.9 Å². The van der Waals surface area contributed by atoms with Crippen LogP contribution in [-0.4, -0.2) is 55.8 Å². The van der Waals surface area contributed by atoms with Crippen molar-refractivity contribution in [1.82, 2.24) is 15.2 Å². The first-order valence-corrected chi connectivity index (χ1v) is 8.83. The Morgan fingerprint density at radius 2 is 2.12 bits per heavy atom. The summed E-state index contributed by atoms with van der Waals surface area (Å²) in [7, 11) is 1.66. The van der Waals surface area contributed by atoms with Crippen LogP contribution < -0.4 is 10.1 Å². The molecular formula is C18H31IN4O2. The molecule has 6 nitrogen and oxygen atoms in total. The Bertz CT molecular complexity index is 520. The smallest absolute Gasteiger partial charge is 0.218 e. The van der Waals surface area contributed by atoms with Crippen LogP contribution >= 0.6 is 24.0 Å². The Labute approximate surface area is 168 Å². The molecule has 0 atom stereocenters. The van der Waals surface area contributed by atoms with E-state index in [1.54, 1.807) is 13.3 Å². The van der Waals surface area contributed by atoms with Gasteiger partial charge >= 0.3 is 0 Å². The highest BCUT2D eigenvalue weighted by Gasteiger charge is 2.18. The maximum absolute atomic E-state index is 5.69. The monoisotopic (exact) mass is 462 g/mol. The standard InChI is InChI=1S/C18H30N4O2.HI/c1-4-19-18(22-10-7-15(2)8-11-22)21-14-16-6-5-9-20-17(16)24-13-12-23-3;/h5-6,9,15H,4,7-8,10-14H2,1-3H3,(H,19,21);1H. The summed E-state index contributed by atoms with van der Waals surface area (Å²) in [6.45, 7) is 9.03. The second kappa shape index (κ2) is 12.3. The molecule has 0 aromatic carbocycles. The third-order valence-corrected chi connectivity index (χ3v) is 4.19. The number of ether oxygens (including phenoxy) is 2. The van der Waals surface area contributed by atoms with Gasteiger partial charge in [0.05, 0.1) is 13.2 Å². The van der Waals surface area contributed by atoms with E-state index < -0.39 is 0 Å². The van der Waals surface area contributed by atoms with E-state index in [0.717, 1.165) is 37.1 Å². The molecule has 1 aliphatic rings. The van der Waals surface area contributed by atoms with Crippen molar-refractivity contribution >= 4 is 29.9 Å². The van der Waals surface area contributed by atoms with Gasteiger partial charge in [-0.1, -0.05) is 13.0 Å². The number of nitrogens with zero attached hydrogens (tertiary/aromatic N) is 3. The molecule has 7 heteroatoms. The highest BCUT2D eigenvalue weighted by Crippen LogP contribution is 2.18. The van der Waals surface area contributed by atoms with Crippen LogP contribution in [0.4, 0.5) is 0 Å². The average molecular weight is 462 g/mol. The molecule has 0 saturated carbocycles. The van der Waals surface area contributed by atoms with Crippen LogP contribution in [0.3, 0.4) is 0 Å². The minimum atomic E-state index is 0. The molecule has 2 rings (SSSR count). The van der Waals surface area contributed by atoms with E-state index in [1.807, 2.05) is 12.1 Å². The number of guanidine groups is 1. The molecule has 0 unspecified atom stereocenters. The molecule has 0 amide bonds. The number of likely N-dealkylation sites (tertiary alicyclic amines) is 1. The lowest BCUT2D eigenvalue weighted by molar-refractivity contribution is 0.143. The fourth-order valence-electron chi connectivity index (χ4n) is 2.70. The molecule has 1 fully saturated rings. The van der Waals surface area contributed by atoms with E-state index in [-0.39, 0.29) is 24.0 Å². The van der Waals surface area contributed by atoms with E-state index in [9.17, 15) is 0 Å². The maximum Gasteiger partial charge on any atom is 0.218 e. The summed E-state index contributed by atoms with van der Waals surface area (Å²) in [6.07, 6.45) is 4.19. The fourth-order valence-corrected chi connectivity index (χ4v) is 2.70. The number of hydrogen-bond donors (Lipinski definition) is 1. The molecular weight excluding hydrogens is 431 g/mol. The van der Waals surface area contributed by atoms with Gasteiger partial charge in [0.2, 0.25) is 5.88 Å². The molecule has 1 saturated heterocycles. The predicted octanol–water partition coefficient (Wildman–Crippen LogP) is 2.92. The topological polar surface area (TPSA) is 59.0 Å². The number of aromatic nitrogens is 1. The van der Waals surface area contributed by atoms with Crippen molar-refractivity contribution in [3.63, 3.8) is 0 Å². The number of methoxy groups -OCH3 is 1. The average Bonchev–Trinajstić information content (AvgIpc) is 2.61. The van der Waals surface area contributed by atoms with Gasteiger partial charge in [-0.15, -0.1) is 24.0 Å². The van der Waals surface area contributed by atoms with Crippen LogP contribution in [0.1, 0.15) is 32.3 Å². The van der Waals surface area contributed by atoms with Crippen LogP contribution in [0.5, 0.6) is 5.88 Å². The number of halogens is 1. The Balaban J connectivity index is 0.00000312. The molecule has 0 spiro atoms. The molecule has 0 bridgehead atoms. The summed E-state index contributed by atoms with van der Waals surface area (Å²) in [5.74, 6) is 2.43. The van der Waals surface area contributed by atoms with E-state index in [2.05, 4.69) is 29.0 Å². The molecule has 1 N–H and O–H groups in total. The van der Waals surface area contributed by atoms with Gasteiger partial charge in [0, 0.05) is 38.5 Å². The van der Waals surface area contributed by atoms with E-state index >= 15 is 0 Å². The quantitative estimate of drug-likeness (QED) is 0.292. The van der Waals surface area contributed by atoms with E-state index in [4.69, 9.17) is 14.5 Å². The van der Waals surface area contributed by atoms with Gasteiger partial charge in [0.15, 0.2) is 5.96 Å². The van der Waals surface area contributed by atoms with Crippen molar-refractivity contribution in [2.45, 2.75) is 33.2 Å². The van der Waals surface area contributed by atoms with E-state index in [0.29, 0.717) is 25.6 Å². The van der Waals surface area contributed by atoms with Gasteiger partial charge in [-0.3, -0.25) is 0 Å². The first kappa shape index (κ1) is 22.0. The number of hydrogen-bond acceptors (Lipinski definition) is 4. The van der Waals surface area contributed by atoms with Crippen LogP contribution in [-0.2, 0) is 11.3 Å². The molecule has 142 valence electrons. The summed E-state index contributed by atoms with van der Waals surface area (Å²) in [5, 5.41) is 3.40. The zero-order valence-electron chi connectivity index (χ0n) is 15.5. The minimum absolute atomic E-state index is 0. The lowest BCUT2D eigenvalue weighted by atomic mass is 10.00. The fraction of sp³-hybridized carbons (Fsp3) is 0.667. The molecule has 0 radical (unpaired) electrons. The minimum Gasteiger partial charge on any atom is -0.475 e. The van der Waals surface area contributed by atoms with Crippen LogP contribution in [0.25, 0.3) is 0 Å². The van der Waals surface area contributed by atoms with Crippen molar-refractivity contribution in [2.75, 3.05) is 40.0 Å². The molecule has 1 aromatic heterocycles. The Morgan fingerprint density at radius 3 is 2.80 bits per heavy atom. The Hall–Kier alpha value is -1.09. The normalized spacial score (nSPS) is 15.6. The number of aliphatic imine (C=N–C) groups is 1. The number of pyridine rings is 1. The van der Waals surface area contributed by atoms with Gasteiger partial charge in [-0.25, -0.2) is 9.98 Å². The van der Waals surface area contributed by atoms with Crippen molar-refractivity contribution in [1.29, 1.82) is 0 Å². The summed E-state index contributed by atoms with van der Waals surface area (Å²) in [4.78, 5) is 11.5. The summed E-state index contributed by atoms with van der Waals surface area (Å²) in [5.41, 5.74) is 0.995. The van der Waals surface area contributed by atoms with Crippen LogP contribution in [0, 0.1) is 5.92 Å². The molecule has 1 aliphatic heterocycles. The van der Waals surface area contributed by atoms with Gasteiger partial charge in [-0.2, -0.15) is 0 Å². The van der Waals surface area contributed by atoms with Crippen LogP contribution in [0.15, 0.2) is 23.3 Å². The van der Waals surface area contributed by atoms with Gasteiger partial charge < -0.3 is 19.7 Å². The third kappa shape index (κ3) is 7.35. The first-order valence-electron chi connectivity index (χ1n) is 8.83. The maximum atomic E-state index is 5.69. The zero-order chi connectivity index (χ0) is 17.2. The lowest BCUT2D eigenvalue weighted by Crippen LogP contribution is -2.45. The van der Waals surface area contributed by atoms with Crippen molar-refractivity contribution in [3.8, 4) is 5.88 Å². The number of nitrogens with one attached hydrogen (secondary N) is 1. The van der Waals surface area contributed by atoms with Crippen LogP contribution in [0.2, 0.25) is 0 Å². The number of piperidine rings is 1. The molecule has 2 heterocycles. The Morgan fingerprint density at radius 1 is 1.36 bits per heavy atom.